The Bertz CT molecular complexity index is 2280. The molecule has 8 rings (SSSR count). The van der Waals surface area contributed by atoms with Crippen molar-refractivity contribution in [3.63, 3.8) is 0 Å². The van der Waals surface area contributed by atoms with Gasteiger partial charge in [0.15, 0.2) is 0 Å². The molecule has 0 saturated carbocycles. The van der Waals surface area contributed by atoms with E-state index >= 15 is 0 Å². The van der Waals surface area contributed by atoms with E-state index < -0.39 is 11.8 Å². The third kappa shape index (κ3) is 7.18. The molecule has 264 valence electrons. The molecular weight excluding hydrogens is 678 g/mol. The van der Waals surface area contributed by atoms with E-state index in [0.717, 1.165) is 16.7 Å². The predicted octanol–water partition coefficient (Wildman–Crippen LogP) is 6.43. The summed E-state index contributed by atoms with van der Waals surface area (Å²) in [5.74, 6) is -5.25. The van der Waals surface area contributed by atoms with Crippen LogP contribution in [0, 0.1) is 11.3 Å². The fourth-order valence-electron chi connectivity index (χ4n) is 6.15. The van der Waals surface area contributed by atoms with E-state index in [2.05, 4.69) is 26.0 Å². The zero-order valence-corrected chi connectivity index (χ0v) is 27.7. The number of hydrogen-bond donors (Lipinski definition) is 0. The summed E-state index contributed by atoms with van der Waals surface area (Å²) < 4.78 is 56.6. The van der Waals surface area contributed by atoms with Crippen molar-refractivity contribution in [3.8, 4) is 23.3 Å². The highest BCUT2D eigenvalue weighted by atomic mass is 19.3. The number of alkyl halides is 4. The zero-order chi connectivity index (χ0) is 36.5. The van der Waals surface area contributed by atoms with Crippen molar-refractivity contribution >= 4 is 28.5 Å². The van der Waals surface area contributed by atoms with Gasteiger partial charge in [-0.1, -0.05) is 12.1 Å². The number of likely N-dealkylation sites (tertiary alicyclic amines) is 2. The molecule has 0 radical (unpaired) electrons. The average Bonchev–Trinajstić information content (AvgIpc) is 3.79. The van der Waals surface area contributed by atoms with Gasteiger partial charge in [0.1, 0.15) is 17.8 Å². The minimum Gasteiger partial charge on any atom is -0.338 e. The largest absolute Gasteiger partial charge is 0.338 e. The van der Waals surface area contributed by atoms with Gasteiger partial charge in [0.05, 0.1) is 51.4 Å². The Morgan fingerprint density at radius 2 is 1.33 bits per heavy atom. The number of benzene rings is 1. The molecule has 2 amide bonds. The average molecular weight is 710 g/mol. The number of rotatable bonds is 4. The lowest BCUT2D eigenvalue weighted by atomic mass is 10.1. The van der Waals surface area contributed by atoms with Gasteiger partial charge in [0.2, 0.25) is 0 Å². The summed E-state index contributed by atoms with van der Waals surface area (Å²) >= 11 is 0. The van der Waals surface area contributed by atoms with Crippen molar-refractivity contribution in [2.24, 2.45) is 0 Å². The zero-order valence-electron chi connectivity index (χ0n) is 27.7. The number of carbonyl (C=O) groups excluding carboxylic acids is 2. The third-order valence-electron chi connectivity index (χ3n) is 9.17. The second-order valence-corrected chi connectivity index (χ2v) is 12.6. The minimum atomic E-state index is -2.69. The Hall–Kier alpha value is -6.17. The monoisotopic (exact) mass is 709 g/mol. The van der Waals surface area contributed by atoms with E-state index in [4.69, 9.17) is 5.26 Å². The van der Waals surface area contributed by atoms with E-state index in [1.54, 1.807) is 59.5 Å². The first-order valence-corrected chi connectivity index (χ1v) is 16.6. The van der Waals surface area contributed by atoms with E-state index in [9.17, 15) is 27.2 Å². The maximum atomic E-state index is 13.3. The van der Waals surface area contributed by atoms with Crippen molar-refractivity contribution in [1.29, 1.82) is 5.26 Å². The third-order valence-corrected chi connectivity index (χ3v) is 9.17. The second kappa shape index (κ2) is 13.9. The Morgan fingerprint density at radius 1 is 0.712 bits per heavy atom. The lowest BCUT2D eigenvalue weighted by Crippen LogP contribution is -2.42. The van der Waals surface area contributed by atoms with Crippen LogP contribution in [0.5, 0.6) is 0 Å². The van der Waals surface area contributed by atoms with Crippen molar-refractivity contribution in [3.05, 3.63) is 108 Å². The first kappa shape index (κ1) is 34.3. The highest BCUT2D eigenvalue weighted by Gasteiger charge is 2.37. The molecule has 2 aliphatic rings. The van der Waals surface area contributed by atoms with Crippen LogP contribution in [0.15, 0.2) is 91.8 Å². The Kier molecular flexibility index (Phi) is 9.14. The molecule has 15 heteroatoms. The quantitative estimate of drug-likeness (QED) is 0.193. The van der Waals surface area contributed by atoms with Crippen LogP contribution in [0.2, 0.25) is 0 Å². The number of para-hydroxylation sites is 2. The van der Waals surface area contributed by atoms with Gasteiger partial charge in [-0.3, -0.25) is 23.5 Å². The summed E-state index contributed by atoms with van der Waals surface area (Å²) in [6, 6.07) is 19.9. The summed E-state index contributed by atoms with van der Waals surface area (Å²) in [5.41, 5.74) is 5.04. The molecule has 0 spiro atoms. The van der Waals surface area contributed by atoms with Crippen LogP contribution in [0.3, 0.4) is 0 Å². The predicted molar refractivity (Wildman–Crippen MR) is 182 cm³/mol. The standard InChI is InChI=1S/C19H15F2N5O.C18H16F2N4O/c20-19(21)4-7-25(8-5-19)18(27)14-1-2-15(23-11-14)16-12-24-17-9-13(10-22)3-6-26(16)17;19-18(20)7-9-23(10-8-18)17(25)13-5-6-16(21-11-13)24-12-22-14-3-1-2-4-15(14)24/h1-3,6,9,11-12H,4-5,7-8H2;1-6,11-12H,7-10H2. The number of piperidine rings is 2. The number of hydrogen-bond acceptors (Lipinski definition) is 7. The number of nitriles is 1. The van der Waals surface area contributed by atoms with Crippen molar-refractivity contribution < 1.29 is 27.2 Å². The van der Waals surface area contributed by atoms with Gasteiger partial charge < -0.3 is 9.80 Å². The summed E-state index contributed by atoms with van der Waals surface area (Å²) in [6.07, 6.45) is 6.82. The molecule has 0 aliphatic carbocycles. The molecule has 7 heterocycles. The van der Waals surface area contributed by atoms with Crippen molar-refractivity contribution in [1.82, 2.24) is 38.7 Å². The minimum absolute atomic E-state index is 0.0437. The van der Waals surface area contributed by atoms with Crippen molar-refractivity contribution in [2.75, 3.05) is 26.2 Å². The number of fused-ring (bicyclic) bond motifs is 2. The molecule has 0 N–H and O–H groups in total. The van der Waals surface area contributed by atoms with Gasteiger partial charge in [-0.2, -0.15) is 5.26 Å². The molecule has 0 atom stereocenters. The molecule has 0 unspecified atom stereocenters. The molecule has 5 aromatic heterocycles. The van der Waals surface area contributed by atoms with Crippen LogP contribution in [-0.4, -0.2) is 88.5 Å². The maximum absolute atomic E-state index is 13.3. The van der Waals surface area contributed by atoms with Gasteiger partial charge in [0.25, 0.3) is 23.7 Å². The van der Waals surface area contributed by atoms with E-state index in [-0.39, 0.29) is 63.7 Å². The molecule has 6 aromatic rings. The number of imidazole rings is 2. The van der Waals surface area contributed by atoms with Crippen LogP contribution in [0.4, 0.5) is 17.6 Å². The van der Waals surface area contributed by atoms with Crippen molar-refractivity contribution in [2.45, 2.75) is 37.5 Å². The highest BCUT2D eigenvalue weighted by Crippen LogP contribution is 2.30. The summed E-state index contributed by atoms with van der Waals surface area (Å²) in [6.45, 7) is 0.226. The van der Waals surface area contributed by atoms with Crippen LogP contribution in [0.1, 0.15) is 52.0 Å². The normalized spacial score (nSPS) is 16.6. The number of carbonyl (C=O) groups is 2. The smallest absolute Gasteiger partial charge is 0.255 e. The lowest BCUT2D eigenvalue weighted by molar-refractivity contribution is -0.0503. The maximum Gasteiger partial charge on any atom is 0.255 e. The van der Waals surface area contributed by atoms with Gasteiger partial charge in [-0.25, -0.2) is 32.5 Å². The van der Waals surface area contributed by atoms with Crippen LogP contribution >= 0.6 is 0 Å². The fraction of sp³-hybridized carbons (Fsp3) is 0.270. The summed E-state index contributed by atoms with van der Waals surface area (Å²) in [5, 5.41) is 8.96. The van der Waals surface area contributed by atoms with Crippen LogP contribution < -0.4 is 0 Å². The van der Waals surface area contributed by atoms with Gasteiger partial charge in [0, 0.05) is 70.5 Å². The Balaban J connectivity index is 0.000000162. The topological polar surface area (TPSA) is 125 Å². The summed E-state index contributed by atoms with van der Waals surface area (Å²) in [4.78, 5) is 45.1. The number of aromatic nitrogens is 6. The molecule has 1 aromatic carbocycles. The first-order valence-electron chi connectivity index (χ1n) is 16.6. The van der Waals surface area contributed by atoms with Gasteiger partial charge in [-0.15, -0.1) is 0 Å². The Morgan fingerprint density at radius 3 is 1.90 bits per heavy atom. The summed E-state index contributed by atoms with van der Waals surface area (Å²) in [7, 11) is 0. The number of amides is 2. The van der Waals surface area contributed by atoms with Crippen LogP contribution in [0.25, 0.3) is 33.9 Å². The molecular formula is C37H31F4N9O2. The number of halogens is 4. The molecule has 11 nitrogen and oxygen atoms in total. The Labute approximate surface area is 294 Å². The van der Waals surface area contributed by atoms with Gasteiger partial charge >= 0.3 is 0 Å². The molecule has 2 saturated heterocycles. The number of pyridine rings is 3. The second-order valence-electron chi connectivity index (χ2n) is 12.6. The van der Waals surface area contributed by atoms with Gasteiger partial charge in [-0.05, 0) is 48.5 Å². The SMILES string of the molecule is N#Cc1ccn2c(-c3ccc(C(=O)N4CCC(F)(F)CC4)cn3)cnc2c1.O=C(c1ccc(-n2cnc3ccccc32)nc1)N1CCC(F)(F)CC1. The van der Waals surface area contributed by atoms with E-state index in [1.807, 2.05) is 28.8 Å². The highest BCUT2D eigenvalue weighted by molar-refractivity contribution is 5.94. The first-order chi connectivity index (χ1) is 25.0. The van der Waals surface area contributed by atoms with E-state index in [1.165, 1.54) is 22.2 Å². The lowest BCUT2D eigenvalue weighted by Gasteiger charge is -2.31. The molecule has 52 heavy (non-hydrogen) atoms. The molecule has 2 aliphatic heterocycles. The van der Waals surface area contributed by atoms with Crippen LogP contribution in [-0.2, 0) is 0 Å². The molecule has 2 fully saturated rings. The molecule has 0 bridgehead atoms. The van der Waals surface area contributed by atoms with E-state index in [0.29, 0.717) is 33.8 Å². The number of nitrogens with zero attached hydrogens (tertiary/aromatic N) is 9. The fourth-order valence-corrected chi connectivity index (χ4v) is 6.15.